The van der Waals surface area contributed by atoms with E-state index < -0.39 is 17.4 Å². The van der Waals surface area contributed by atoms with Crippen molar-refractivity contribution < 1.29 is 31.9 Å². The van der Waals surface area contributed by atoms with Gasteiger partial charge in [-0.05, 0) is 55.5 Å². The van der Waals surface area contributed by atoms with Crippen molar-refractivity contribution in [2.75, 3.05) is 26.9 Å². The van der Waals surface area contributed by atoms with E-state index in [-0.39, 0.29) is 21.7 Å². The fourth-order valence-electron chi connectivity index (χ4n) is 2.16. The van der Waals surface area contributed by atoms with Crippen molar-refractivity contribution in [1.82, 2.24) is 0 Å². The second-order valence-electron chi connectivity index (χ2n) is 5.25. The van der Waals surface area contributed by atoms with Gasteiger partial charge in [-0.15, -0.1) is 0 Å². The van der Waals surface area contributed by atoms with Crippen LogP contribution < -0.4 is 10.0 Å². The highest BCUT2D eigenvalue weighted by Gasteiger charge is 2.24. The van der Waals surface area contributed by atoms with Crippen molar-refractivity contribution in [1.29, 1.82) is 0 Å². The first kappa shape index (κ1) is 20.6. The van der Waals surface area contributed by atoms with Crippen LogP contribution in [0.1, 0.15) is 6.92 Å². The fourth-order valence-corrected chi connectivity index (χ4v) is 4.44. The van der Waals surface area contributed by atoms with Gasteiger partial charge in [0.2, 0.25) is 9.84 Å². The smallest absolute Gasteiger partial charge is 0.358 e. The minimum absolute atomic E-state index is 0.0193. The van der Waals surface area contributed by atoms with Crippen molar-refractivity contribution in [3.05, 3.63) is 48.5 Å². The van der Waals surface area contributed by atoms with E-state index in [1.807, 2.05) is 0 Å². The standard InChI is InChI=1S/C17H21O7PS/c1-3-24-25(18,19)15-6-10-17(11-7-15)26(20,21)16-8-4-14(5-9-16)23-13-12-22-2/h4-11H,3,12-13H2,1-2H3,(H,18,19). The quantitative estimate of drug-likeness (QED) is 0.510. The summed E-state index contributed by atoms with van der Waals surface area (Å²) in [6.45, 7) is 2.48. The number of methoxy groups -OCH3 is 1. The third-order valence-corrected chi connectivity index (χ3v) is 6.81. The van der Waals surface area contributed by atoms with E-state index in [0.29, 0.717) is 19.0 Å². The van der Waals surface area contributed by atoms with Gasteiger partial charge in [0.15, 0.2) is 0 Å². The lowest BCUT2D eigenvalue weighted by atomic mass is 10.3. The Labute approximate surface area is 153 Å². The summed E-state index contributed by atoms with van der Waals surface area (Å²) in [5.74, 6) is 0.536. The zero-order chi connectivity index (χ0) is 19.2. The molecule has 2 aromatic rings. The number of hydrogen-bond acceptors (Lipinski definition) is 6. The van der Waals surface area contributed by atoms with Crippen LogP contribution in [0.2, 0.25) is 0 Å². The molecule has 2 aromatic carbocycles. The lowest BCUT2D eigenvalue weighted by molar-refractivity contribution is 0.146. The summed E-state index contributed by atoms with van der Waals surface area (Å²) in [4.78, 5) is 9.89. The van der Waals surface area contributed by atoms with Crippen LogP contribution in [-0.4, -0.2) is 40.2 Å². The van der Waals surface area contributed by atoms with Gasteiger partial charge in [0.05, 0.1) is 28.3 Å². The molecule has 2 rings (SSSR count). The van der Waals surface area contributed by atoms with Crippen LogP contribution in [0.25, 0.3) is 0 Å². The Morgan fingerprint density at radius 2 is 1.50 bits per heavy atom. The largest absolute Gasteiger partial charge is 0.491 e. The fraction of sp³-hybridized carbons (Fsp3) is 0.294. The maximum atomic E-state index is 12.7. The molecule has 142 valence electrons. The molecule has 0 saturated heterocycles. The van der Waals surface area contributed by atoms with Crippen molar-refractivity contribution in [3.8, 4) is 5.75 Å². The summed E-state index contributed by atoms with van der Waals surface area (Å²) in [6, 6.07) is 11.2. The molecule has 0 aliphatic rings. The topological polar surface area (TPSA) is 99.1 Å². The van der Waals surface area contributed by atoms with E-state index in [2.05, 4.69) is 0 Å². The van der Waals surface area contributed by atoms with Gasteiger partial charge in [0.1, 0.15) is 12.4 Å². The molecular weight excluding hydrogens is 379 g/mol. The number of rotatable bonds is 9. The first-order chi connectivity index (χ1) is 12.3. The van der Waals surface area contributed by atoms with E-state index in [9.17, 15) is 17.9 Å². The number of ether oxygens (including phenoxy) is 2. The molecule has 26 heavy (non-hydrogen) atoms. The van der Waals surface area contributed by atoms with Crippen LogP contribution >= 0.6 is 7.60 Å². The summed E-state index contributed by atoms with van der Waals surface area (Å²) < 4.78 is 52.4. The zero-order valence-corrected chi connectivity index (χ0v) is 16.2. The van der Waals surface area contributed by atoms with Gasteiger partial charge in [-0.25, -0.2) is 8.42 Å². The van der Waals surface area contributed by atoms with Gasteiger partial charge in [0.25, 0.3) is 0 Å². The second kappa shape index (κ2) is 8.79. The SMILES string of the molecule is CCOP(=O)(O)c1ccc(S(=O)(=O)c2ccc(OCCOC)cc2)cc1. The summed E-state index contributed by atoms with van der Waals surface area (Å²) in [7, 11) is -6.11. The molecule has 0 fully saturated rings. The number of hydrogen-bond donors (Lipinski definition) is 1. The van der Waals surface area contributed by atoms with E-state index >= 15 is 0 Å². The molecule has 0 heterocycles. The molecule has 7 nitrogen and oxygen atoms in total. The lowest BCUT2D eigenvalue weighted by Gasteiger charge is -2.12. The Bertz CT molecular complexity index is 861. The highest BCUT2D eigenvalue weighted by molar-refractivity contribution is 7.91. The Morgan fingerprint density at radius 1 is 0.962 bits per heavy atom. The molecule has 0 spiro atoms. The van der Waals surface area contributed by atoms with Crippen molar-refractivity contribution in [3.63, 3.8) is 0 Å². The minimum atomic E-state index is -3.93. The predicted octanol–water partition coefficient (Wildman–Crippen LogP) is 2.39. The van der Waals surface area contributed by atoms with E-state index in [4.69, 9.17) is 14.0 Å². The molecule has 9 heteroatoms. The molecule has 0 aromatic heterocycles. The van der Waals surface area contributed by atoms with E-state index in [0.717, 1.165) is 0 Å². The highest BCUT2D eigenvalue weighted by Crippen LogP contribution is 2.40. The Hall–Kier alpha value is -1.70. The normalized spacial score (nSPS) is 14.0. The van der Waals surface area contributed by atoms with Crippen LogP contribution in [-0.2, 0) is 23.7 Å². The second-order valence-corrected chi connectivity index (χ2v) is 9.01. The molecule has 0 radical (unpaired) electrons. The third kappa shape index (κ3) is 4.93. The van der Waals surface area contributed by atoms with Crippen molar-refractivity contribution >= 4 is 22.7 Å². The Balaban J connectivity index is 2.20. The molecule has 0 bridgehead atoms. The average Bonchev–Trinajstić information content (AvgIpc) is 2.62. The van der Waals surface area contributed by atoms with Crippen LogP contribution in [0.5, 0.6) is 5.75 Å². The summed E-state index contributed by atoms with van der Waals surface area (Å²) in [5.41, 5.74) is 0. The Kier molecular flexibility index (Phi) is 6.97. The number of sulfone groups is 1. The molecule has 0 aliphatic carbocycles. The van der Waals surface area contributed by atoms with Gasteiger partial charge in [0, 0.05) is 7.11 Å². The highest BCUT2D eigenvalue weighted by atomic mass is 32.2. The van der Waals surface area contributed by atoms with E-state index in [1.165, 1.54) is 36.4 Å². The molecule has 0 amide bonds. The van der Waals surface area contributed by atoms with E-state index in [1.54, 1.807) is 26.2 Å². The van der Waals surface area contributed by atoms with Gasteiger partial charge >= 0.3 is 7.60 Å². The van der Waals surface area contributed by atoms with Gasteiger partial charge in [-0.1, -0.05) is 0 Å². The monoisotopic (exact) mass is 400 g/mol. The van der Waals surface area contributed by atoms with Crippen LogP contribution in [0.3, 0.4) is 0 Å². The zero-order valence-electron chi connectivity index (χ0n) is 14.5. The van der Waals surface area contributed by atoms with Crippen LogP contribution in [0.15, 0.2) is 58.3 Å². The third-order valence-electron chi connectivity index (χ3n) is 3.47. The summed E-state index contributed by atoms with van der Waals surface area (Å²) in [6.07, 6.45) is 0. The Morgan fingerprint density at radius 3 is 2.00 bits per heavy atom. The molecular formula is C17H21O7PS. The summed E-state index contributed by atoms with van der Waals surface area (Å²) >= 11 is 0. The minimum Gasteiger partial charge on any atom is -0.491 e. The molecule has 0 aliphatic heterocycles. The predicted molar refractivity (Wildman–Crippen MR) is 96.8 cm³/mol. The van der Waals surface area contributed by atoms with Crippen LogP contribution in [0.4, 0.5) is 0 Å². The average molecular weight is 400 g/mol. The molecule has 0 saturated carbocycles. The lowest BCUT2D eigenvalue weighted by Crippen LogP contribution is -2.09. The van der Waals surface area contributed by atoms with Gasteiger partial charge < -0.3 is 18.9 Å². The van der Waals surface area contributed by atoms with Gasteiger partial charge in [-0.2, -0.15) is 0 Å². The molecule has 1 unspecified atom stereocenters. The van der Waals surface area contributed by atoms with Crippen molar-refractivity contribution in [2.24, 2.45) is 0 Å². The maximum Gasteiger partial charge on any atom is 0.358 e. The number of benzene rings is 2. The molecule has 1 atom stereocenters. The molecule has 1 N–H and O–H groups in total. The summed E-state index contributed by atoms with van der Waals surface area (Å²) in [5, 5.41) is 0.0418. The van der Waals surface area contributed by atoms with Gasteiger partial charge in [-0.3, -0.25) is 4.57 Å². The maximum absolute atomic E-state index is 12.7. The first-order valence-corrected chi connectivity index (χ1v) is 10.9. The van der Waals surface area contributed by atoms with Crippen LogP contribution in [0, 0.1) is 0 Å². The van der Waals surface area contributed by atoms with Crippen molar-refractivity contribution in [2.45, 2.75) is 16.7 Å². The first-order valence-electron chi connectivity index (χ1n) is 7.86.